The quantitative estimate of drug-likeness (QED) is 0.590. The summed E-state index contributed by atoms with van der Waals surface area (Å²) in [6.45, 7) is 0.0182. The Morgan fingerprint density at radius 2 is 1.81 bits per heavy atom. The van der Waals surface area contributed by atoms with E-state index in [4.69, 9.17) is 4.74 Å². The molecule has 9 heteroatoms. The summed E-state index contributed by atoms with van der Waals surface area (Å²) in [4.78, 5) is 34.9. The normalized spacial score (nSPS) is 19.7. The molecule has 3 aromatic rings. The van der Waals surface area contributed by atoms with Crippen molar-refractivity contribution in [3.63, 3.8) is 0 Å². The largest absolute Gasteiger partial charge is 0.441 e. The first-order valence-corrected chi connectivity index (χ1v) is 10.1. The Morgan fingerprint density at radius 3 is 2.55 bits per heavy atom. The molecule has 0 N–H and O–H groups in total. The fourth-order valence-electron chi connectivity index (χ4n) is 4.26. The minimum absolute atomic E-state index is 0.109. The van der Waals surface area contributed by atoms with Crippen LogP contribution >= 0.6 is 0 Å². The number of amides is 1. The molecule has 0 unspecified atom stereocenters. The number of alkyl halides is 2. The number of halogens is 2. The number of imidazole rings is 1. The maximum Gasteiger partial charge on any atom is 0.410 e. The summed E-state index contributed by atoms with van der Waals surface area (Å²) >= 11 is 0. The summed E-state index contributed by atoms with van der Waals surface area (Å²) in [7, 11) is 0. The predicted octanol–water partition coefficient (Wildman–Crippen LogP) is 4.00. The highest BCUT2D eigenvalue weighted by Gasteiger charge is 2.51. The Morgan fingerprint density at radius 1 is 1.06 bits per heavy atom. The number of carbonyl (C=O) groups excluding carboxylic acids is 2. The minimum Gasteiger partial charge on any atom is -0.441 e. The standard InChI is InChI=1S/C22H20F2N4O3/c23-22(24)9-7-21(8-10-22)13-27(20(30)31-21)12-18(29)15-3-5-16(6-4-15)28-14-26-17-2-1-11-25-19(17)28/h1-6,11,14H,7-10,12-13H2. The van der Waals surface area contributed by atoms with Crippen molar-refractivity contribution in [2.45, 2.75) is 37.2 Å². The van der Waals surface area contributed by atoms with Gasteiger partial charge in [0.2, 0.25) is 5.92 Å². The molecule has 5 rings (SSSR count). The lowest BCUT2D eigenvalue weighted by Gasteiger charge is -2.34. The summed E-state index contributed by atoms with van der Waals surface area (Å²) in [6.07, 6.45) is 2.35. The smallest absolute Gasteiger partial charge is 0.410 e. The third kappa shape index (κ3) is 3.64. The van der Waals surface area contributed by atoms with Crippen LogP contribution < -0.4 is 0 Å². The van der Waals surface area contributed by atoms with Crippen LogP contribution in [0.3, 0.4) is 0 Å². The van der Waals surface area contributed by atoms with Gasteiger partial charge in [0.25, 0.3) is 0 Å². The number of benzene rings is 1. The molecule has 0 bridgehead atoms. The SMILES string of the molecule is O=C(CN1CC2(CCC(F)(F)CC2)OC1=O)c1ccc(-n2cnc3cccnc32)cc1. The molecule has 160 valence electrons. The van der Waals surface area contributed by atoms with Gasteiger partial charge in [-0.1, -0.05) is 0 Å². The summed E-state index contributed by atoms with van der Waals surface area (Å²) in [5.74, 6) is -2.95. The number of ketones is 1. The first kappa shape index (κ1) is 19.6. The van der Waals surface area contributed by atoms with Crippen LogP contribution in [0.25, 0.3) is 16.9 Å². The maximum atomic E-state index is 13.5. The Labute approximate surface area is 176 Å². The van der Waals surface area contributed by atoms with E-state index in [2.05, 4.69) is 9.97 Å². The molecule has 0 atom stereocenters. The van der Waals surface area contributed by atoms with Crippen molar-refractivity contribution in [3.05, 3.63) is 54.5 Å². The average Bonchev–Trinajstić information content (AvgIpc) is 3.32. The zero-order chi connectivity index (χ0) is 21.6. The highest BCUT2D eigenvalue weighted by molar-refractivity contribution is 5.99. The molecule has 1 saturated carbocycles. The first-order valence-electron chi connectivity index (χ1n) is 10.1. The van der Waals surface area contributed by atoms with Crippen molar-refractivity contribution in [3.8, 4) is 5.69 Å². The molecule has 1 spiro atoms. The number of nitrogens with zero attached hydrogens (tertiary/aromatic N) is 4. The maximum absolute atomic E-state index is 13.5. The van der Waals surface area contributed by atoms with E-state index in [0.29, 0.717) is 11.2 Å². The van der Waals surface area contributed by atoms with Crippen LogP contribution in [0, 0.1) is 0 Å². The zero-order valence-electron chi connectivity index (χ0n) is 16.6. The molecule has 0 radical (unpaired) electrons. The van der Waals surface area contributed by atoms with Crippen molar-refractivity contribution >= 4 is 23.0 Å². The molecule has 2 aromatic heterocycles. The van der Waals surface area contributed by atoms with Gasteiger partial charge in [-0.3, -0.25) is 14.3 Å². The Bertz CT molecular complexity index is 1150. The number of Topliss-reactive ketones (excluding diaryl/α,β-unsaturated/α-hetero) is 1. The van der Waals surface area contributed by atoms with Crippen LogP contribution in [-0.4, -0.2) is 55.9 Å². The third-order valence-corrected chi connectivity index (χ3v) is 6.04. The summed E-state index contributed by atoms with van der Waals surface area (Å²) in [6, 6.07) is 10.6. The Kier molecular flexibility index (Phi) is 4.49. The lowest BCUT2D eigenvalue weighted by molar-refractivity contribution is -0.0910. The van der Waals surface area contributed by atoms with Crippen LogP contribution in [0.2, 0.25) is 0 Å². The van der Waals surface area contributed by atoms with Gasteiger partial charge in [-0.25, -0.2) is 23.5 Å². The van der Waals surface area contributed by atoms with Gasteiger partial charge in [0.1, 0.15) is 17.4 Å². The number of fused-ring (bicyclic) bond motifs is 1. The second kappa shape index (κ2) is 7.11. The van der Waals surface area contributed by atoms with Gasteiger partial charge in [-0.15, -0.1) is 0 Å². The molecule has 1 saturated heterocycles. The zero-order valence-corrected chi connectivity index (χ0v) is 16.6. The summed E-state index contributed by atoms with van der Waals surface area (Å²) in [5.41, 5.74) is 1.83. The number of hydrogen-bond donors (Lipinski definition) is 0. The van der Waals surface area contributed by atoms with E-state index in [1.165, 1.54) is 4.90 Å². The summed E-state index contributed by atoms with van der Waals surface area (Å²) in [5, 5.41) is 0. The van der Waals surface area contributed by atoms with E-state index in [9.17, 15) is 18.4 Å². The van der Waals surface area contributed by atoms with Crippen molar-refractivity contribution < 1.29 is 23.1 Å². The van der Waals surface area contributed by atoms with Crippen molar-refractivity contribution in [1.29, 1.82) is 0 Å². The third-order valence-electron chi connectivity index (χ3n) is 6.04. The fourth-order valence-corrected chi connectivity index (χ4v) is 4.26. The van der Waals surface area contributed by atoms with E-state index in [1.54, 1.807) is 36.8 Å². The number of rotatable bonds is 4. The van der Waals surface area contributed by atoms with E-state index >= 15 is 0 Å². The first-order chi connectivity index (χ1) is 14.8. The lowest BCUT2D eigenvalue weighted by Crippen LogP contribution is -2.42. The molecule has 1 aliphatic carbocycles. The van der Waals surface area contributed by atoms with Gasteiger partial charge in [0.15, 0.2) is 11.4 Å². The highest BCUT2D eigenvalue weighted by atomic mass is 19.3. The number of carbonyl (C=O) groups is 2. The molecule has 1 amide bonds. The number of aromatic nitrogens is 3. The molecule has 2 fully saturated rings. The fraction of sp³-hybridized carbons (Fsp3) is 0.364. The second-order valence-corrected chi connectivity index (χ2v) is 8.19. The van der Waals surface area contributed by atoms with Gasteiger partial charge >= 0.3 is 6.09 Å². The molecule has 31 heavy (non-hydrogen) atoms. The van der Waals surface area contributed by atoms with Crippen LogP contribution in [-0.2, 0) is 4.74 Å². The van der Waals surface area contributed by atoms with Crippen molar-refractivity contribution in [2.75, 3.05) is 13.1 Å². The van der Waals surface area contributed by atoms with Crippen LogP contribution in [0.15, 0.2) is 48.9 Å². The average molecular weight is 426 g/mol. The van der Waals surface area contributed by atoms with Gasteiger partial charge < -0.3 is 4.74 Å². The predicted molar refractivity (Wildman–Crippen MR) is 107 cm³/mol. The van der Waals surface area contributed by atoms with E-state index in [0.717, 1.165) is 11.2 Å². The van der Waals surface area contributed by atoms with Gasteiger partial charge in [-0.2, -0.15) is 0 Å². The number of pyridine rings is 1. The molecular formula is C22H20F2N4O3. The number of ether oxygens (including phenoxy) is 1. The molecule has 3 heterocycles. The minimum atomic E-state index is -2.71. The van der Waals surface area contributed by atoms with Crippen LogP contribution in [0.5, 0.6) is 0 Å². The molecule has 2 aliphatic rings. The second-order valence-electron chi connectivity index (χ2n) is 8.19. The van der Waals surface area contributed by atoms with Gasteiger partial charge in [-0.05, 0) is 49.2 Å². The topological polar surface area (TPSA) is 77.3 Å². The van der Waals surface area contributed by atoms with Crippen molar-refractivity contribution in [1.82, 2.24) is 19.4 Å². The Balaban J connectivity index is 1.27. The number of hydrogen-bond acceptors (Lipinski definition) is 5. The lowest BCUT2D eigenvalue weighted by atomic mass is 9.82. The van der Waals surface area contributed by atoms with Crippen LogP contribution in [0.1, 0.15) is 36.0 Å². The van der Waals surface area contributed by atoms with Gasteiger partial charge in [0, 0.05) is 30.3 Å². The molecule has 7 nitrogen and oxygen atoms in total. The monoisotopic (exact) mass is 426 g/mol. The highest BCUT2D eigenvalue weighted by Crippen LogP contribution is 2.43. The summed E-state index contributed by atoms with van der Waals surface area (Å²) < 4.78 is 34.2. The van der Waals surface area contributed by atoms with E-state index in [1.807, 2.05) is 16.7 Å². The van der Waals surface area contributed by atoms with E-state index < -0.39 is 17.6 Å². The van der Waals surface area contributed by atoms with Crippen LogP contribution in [0.4, 0.5) is 13.6 Å². The molecule has 1 aromatic carbocycles. The molecular weight excluding hydrogens is 406 g/mol. The van der Waals surface area contributed by atoms with Crippen molar-refractivity contribution in [2.24, 2.45) is 0 Å². The van der Waals surface area contributed by atoms with Gasteiger partial charge in [0.05, 0.1) is 13.1 Å². The Hall–Kier alpha value is -3.36. The molecule has 1 aliphatic heterocycles. The van der Waals surface area contributed by atoms with E-state index in [-0.39, 0.29) is 44.6 Å².